The van der Waals surface area contributed by atoms with Gasteiger partial charge in [-0.05, 0) is 35.9 Å². The Morgan fingerprint density at radius 2 is 1.78 bits per heavy atom. The quantitative estimate of drug-likeness (QED) is 0.430. The summed E-state index contributed by atoms with van der Waals surface area (Å²) in [5, 5.41) is 12.3. The summed E-state index contributed by atoms with van der Waals surface area (Å²) in [5.74, 6) is -1.57. The molecule has 2 aromatic heterocycles. The van der Waals surface area contributed by atoms with Crippen LogP contribution in [0, 0.1) is 0 Å². The highest BCUT2D eigenvalue weighted by Gasteiger charge is 2.30. The summed E-state index contributed by atoms with van der Waals surface area (Å²) in [6, 6.07) is 12.6. The number of aromatic amines is 1. The molecule has 0 aliphatic heterocycles. The Morgan fingerprint density at radius 1 is 1.03 bits per heavy atom. The number of alkyl halides is 3. The molecule has 7 nitrogen and oxygen atoms in total. The van der Waals surface area contributed by atoms with Gasteiger partial charge in [0.1, 0.15) is 17.7 Å². The molecule has 0 atom stereocenters. The minimum absolute atomic E-state index is 0.0210. The summed E-state index contributed by atoms with van der Waals surface area (Å²) in [6.07, 6.45) is -3.15. The molecule has 3 N–H and O–H groups in total. The molecule has 4 rings (SSSR count). The third-order valence-electron chi connectivity index (χ3n) is 4.78. The summed E-state index contributed by atoms with van der Waals surface area (Å²) in [5.41, 5.74) is 1.35. The van der Waals surface area contributed by atoms with Crippen LogP contribution in [0.2, 0.25) is 0 Å². The molecular formula is C22H15F3N4O3. The molecule has 0 aliphatic rings. The van der Waals surface area contributed by atoms with Crippen LogP contribution in [0.4, 0.5) is 13.2 Å². The smallest absolute Gasteiger partial charge is 0.416 e. The molecule has 0 saturated heterocycles. The van der Waals surface area contributed by atoms with Gasteiger partial charge in [-0.1, -0.05) is 24.3 Å². The molecule has 0 radical (unpaired) electrons. The number of carbonyl (C=O) groups excluding carboxylic acids is 1. The molecule has 1 amide bonds. The summed E-state index contributed by atoms with van der Waals surface area (Å²) in [4.78, 5) is 34.5. The van der Waals surface area contributed by atoms with Gasteiger partial charge in [-0.15, -0.1) is 0 Å². The molecule has 32 heavy (non-hydrogen) atoms. The Labute approximate surface area is 178 Å². The minimum Gasteiger partial charge on any atom is -0.477 e. The molecule has 162 valence electrons. The number of aromatic carboxylic acids is 1. The molecule has 0 saturated carbocycles. The van der Waals surface area contributed by atoms with Crippen LogP contribution < -0.4 is 5.32 Å². The van der Waals surface area contributed by atoms with Crippen LogP contribution in [-0.2, 0) is 12.7 Å². The van der Waals surface area contributed by atoms with E-state index in [2.05, 4.69) is 20.3 Å². The van der Waals surface area contributed by atoms with Gasteiger partial charge in [0.2, 0.25) is 0 Å². The van der Waals surface area contributed by atoms with E-state index >= 15 is 0 Å². The van der Waals surface area contributed by atoms with Crippen molar-refractivity contribution in [1.82, 2.24) is 20.3 Å². The summed E-state index contributed by atoms with van der Waals surface area (Å²) in [6.45, 7) is -0.0572. The van der Waals surface area contributed by atoms with E-state index < -0.39 is 23.6 Å². The second-order valence-corrected chi connectivity index (χ2v) is 6.93. The van der Waals surface area contributed by atoms with Gasteiger partial charge in [-0.25, -0.2) is 14.8 Å². The summed E-state index contributed by atoms with van der Waals surface area (Å²) < 4.78 is 38.5. The maximum atomic E-state index is 12.8. The standard InChI is InChI=1S/C22H15F3N4O3/c23-22(24,25)15-3-1-2-12(8-15)10-26-20(30)14-6-4-13(5-7-14)18-16-9-17(21(31)32)29-19(16)28-11-27-18/h1-9,11H,10H2,(H,26,30)(H,31,32)(H,27,28,29). The van der Waals surface area contributed by atoms with E-state index in [0.29, 0.717) is 33.4 Å². The van der Waals surface area contributed by atoms with Gasteiger partial charge in [0.05, 0.1) is 11.3 Å². The van der Waals surface area contributed by atoms with E-state index in [0.717, 1.165) is 12.1 Å². The molecule has 0 bridgehead atoms. The fourth-order valence-corrected chi connectivity index (χ4v) is 3.21. The number of amides is 1. The second kappa shape index (κ2) is 8.14. The normalized spacial score (nSPS) is 11.5. The van der Waals surface area contributed by atoms with Gasteiger partial charge in [-0.2, -0.15) is 13.2 Å². The maximum Gasteiger partial charge on any atom is 0.416 e. The number of benzene rings is 2. The molecule has 2 aromatic carbocycles. The SMILES string of the molecule is O=C(NCc1cccc(C(F)(F)F)c1)c1ccc(-c2ncnc3[nH]c(C(=O)O)cc23)cc1. The van der Waals surface area contributed by atoms with Crippen molar-refractivity contribution >= 4 is 22.9 Å². The Kier molecular flexibility index (Phi) is 5.35. The van der Waals surface area contributed by atoms with Crippen molar-refractivity contribution in [3.63, 3.8) is 0 Å². The number of carbonyl (C=O) groups is 2. The second-order valence-electron chi connectivity index (χ2n) is 6.93. The number of aromatic nitrogens is 3. The van der Waals surface area contributed by atoms with Crippen LogP contribution in [0.5, 0.6) is 0 Å². The lowest BCUT2D eigenvalue weighted by molar-refractivity contribution is -0.137. The van der Waals surface area contributed by atoms with E-state index in [1.54, 1.807) is 24.3 Å². The molecule has 0 fully saturated rings. The third-order valence-corrected chi connectivity index (χ3v) is 4.78. The number of H-pyrrole nitrogens is 1. The van der Waals surface area contributed by atoms with Crippen molar-refractivity contribution in [3.05, 3.63) is 83.3 Å². The fourth-order valence-electron chi connectivity index (χ4n) is 3.21. The number of rotatable bonds is 5. The number of hydrogen-bond donors (Lipinski definition) is 3. The van der Waals surface area contributed by atoms with Gasteiger partial charge in [0.15, 0.2) is 0 Å². The molecule has 0 unspecified atom stereocenters. The van der Waals surface area contributed by atoms with Gasteiger partial charge < -0.3 is 15.4 Å². The lowest BCUT2D eigenvalue weighted by Gasteiger charge is -2.10. The minimum atomic E-state index is -4.45. The zero-order valence-corrected chi connectivity index (χ0v) is 16.3. The van der Waals surface area contributed by atoms with Gasteiger partial charge in [0, 0.05) is 23.1 Å². The lowest BCUT2D eigenvalue weighted by atomic mass is 10.1. The van der Waals surface area contributed by atoms with Gasteiger partial charge in [0.25, 0.3) is 5.91 Å². The average molecular weight is 440 g/mol. The van der Waals surface area contributed by atoms with Gasteiger partial charge in [-0.3, -0.25) is 4.79 Å². The fraction of sp³-hybridized carbons (Fsp3) is 0.0909. The Balaban J connectivity index is 1.50. The van der Waals surface area contributed by atoms with Crippen molar-refractivity contribution in [2.24, 2.45) is 0 Å². The number of nitrogens with one attached hydrogen (secondary N) is 2. The van der Waals surface area contributed by atoms with Crippen molar-refractivity contribution in [3.8, 4) is 11.3 Å². The first kappa shape index (κ1) is 21.0. The summed E-state index contributed by atoms with van der Waals surface area (Å²) in [7, 11) is 0. The zero-order valence-electron chi connectivity index (χ0n) is 16.3. The maximum absolute atomic E-state index is 12.8. The summed E-state index contributed by atoms with van der Waals surface area (Å²) >= 11 is 0. The Morgan fingerprint density at radius 3 is 2.47 bits per heavy atom. The largest absolute Gasteiger partial charge is 0.477 e. The predicted molar refractivity (Wildman–Crippen MR) is 109 cm³/mol. The van der Waals surface area contributed by atoms with Crippen LogP contribution in [-0.4, -0.2) is 31.9 Å². The van der Waals surface area contributed by atoms with Crippen LogP contribution in [0.15, 0.2) is 60.9 Å². The van der Waals surface area contributed by atoms with Crippen molar-refractivity contribution in [2.45, 2.75) is 12.7 Å². The molecule has 4 aromatic rings. The van der Waals surface area contributed by atoms with E-state index in [4.69, 9.17) is 5.11 Å². The highest BCUT2D eigenvalue weighted by atomic mass is 19.4. The lowest BCUT2D eigenvalue weighted by Crippen LogP contribution is -2.23. The van der Waals surface area contributed by atoms with Crippen LogP contribution in [0.1, 0.15) is 32.0 Å². The predicted octanol–water partition coefficient (Wildman–Crippen LogP) is 4.27. The first-order valence-corrected chi connectivity index (χ1v) is 9.34. The Hall–Kier alpha value is -4.21. The number of fused-ring (bicyclic) bond motifs is 1. The molecular weight excluding hydrogens is 425 g/mol. The first-order chi connectivity index (χ1) is 15.2. The topological polar surface area (TPSA) is 108 Å². The number of halogens is 3. The van der Waals surface area contributed by atoms with E-state index in [1.165, 1.54) is 24.5 Å². The highest BCUT2D eigenvalue weighted by molar-refractivity contribution is 5.99. The van der Waals surface area contributed by atoms with Crippen LogP contribution >= 0.6 is 0 Å². The zero-order chi connectivity index (χ0) is 22.9. The van der Waals surface area contributed by atoms with E-state index in [1.807, 2.05) is 0 Å². The molecule has 0 aliphatic carbocycles. The number of carboxylic acids is 1. The van der Waals surface area contributed by atoms with E-state index in [-0.39, 0.29) is 12.2 Å². The number of carboxylic acid groups (broad SMARTS) is 1. The monoisotopic (exact) mass is 440 g/mol. The number of nitrogens with zero attached hydrogens (tertiary/aromatic N) is 2. The van der Waals surface area contributed by atoms with Crippen molar-refractivity contribution in [1.29, 1.82) is 0 Å². The molecule has 0 spiro atoms. The van der Waals surface area contributed by atoms with Crippen molar-refractivity contribution in [2.75, 3.05) is 0 Å². The number of hydrogen-bond acceptors (Lipinski definition) is 4. The Bertz CT molecular complexity index is 1310. The van der Waals surface area contributed by atoms with Crippen LogP contribution in [0.25, 0.3) is 22.3 Å². The van der Waals surface area contributed by atoms with E-state index in [9.17, 15) is 22.8 Å². The van der Waals surface area contributed by atoms with Gasteiger partial charge >= 0.3 is 12.1 Å². The molecule has 2 heterocycles. The average Bonchev–Trinajstić information content (AvgIpc) is 3.22. The highest BCUT2D eigenvalue weighted by Crippen LogP contribution is 2.29. The first-order valence-electron chi connectivity index (χ1n) is 9.34. The molecule has 10 heteroatoms. The van der Waals surface area contributed by atoms with Crippen LogP contribution in [0.3, 0.4) is 0 Å². The van der Waals surface area contributed by atoms with Crippen molar-refractivity contribution < 1.29 is 27.9 Å². The third kappa shape index (κ3) is 4.29.